The van der Waals surface area contributed by atoms with Crippen LogP contribution >= 0.6 is 7.26 Å². The normalized spacial score (nSPS) is 10.9. The zero-order valence-corrected chi connectivity index (χ0v) is 19.9. The number of hydrogen-bond donors (Lipinski definition) is 1. The lowest BCUT2D eigenvalue weighted by molar-refractivity contribution is -0.255. The molecule has 0 saturated heterocycles. The minimum absolute atomic E-state index is 0.0301. The van der Waals surface area contributed by atoms with Gasteiger partial charge in [0.25, 0.3) is 0 Å². The topological polar surface area (TPSA) is 83.2 Å². The monoisotopic (exact) mass is 423 g/mol. The van der Waals surface area contributed by atoms with E-state index in [1.807, 2.05) is 0 Å². The van der Waals surface area contributed by atoms with Crippen molar-refractivity contribution in [2.24, 2.45) is 5.73 Å². The maximum absolute atomic E-state index is 10.7. The molecule has 0 aliphatic heterocycles. The first-order valence-corrected chi connectivity index (χ1v) is 13.9. The van der Waals surface area contributed by atoms with Gasteiger partial charge in [0.1, 0.15) is 0 Å². The number of hydrogen-bond acceptors (Lipinski definition) is 3. The van der Waals surface area contributed by atoms with Crippen LogP contribution in [0.4, 0.5) is 0 Å². The molecule has 1 rings (SSSR count). The number of aromatic carboxylic acids is 1. The highest BCUT2D eigenvalue weighted by Gasteiger charge is 2.34. The van der Waals surface area contributed by atoms with Crippen LogP contribution in [0.1, 0.15) is 99.8 Å². The Morgan fingerprint density at radius 2 is 1.10 bits per heavy atom. The molecule has 0 aliphatic rings. The Hall–Kier alpha value is -1.41. The molecule has 0 radical (unpaired) electrons. The number of amides is 1. The van der Waals surface area contributed by atoms with Crippen molar-refractivity contribution in [3.63, 3.8) is 0 Å². The molecule has 0 fully saturated rings. The molecule has 0 unspecified atom stereocenters. The number of primary amides is 1. The van der Waals surface area contributed by atoms with Gasteiger partial charge in [-0.2, -0.15) is 0 Å². The Balaban J connectivity index is 0.000000571. The van der Waals surface area contributed by atoms with Crippen molar-refractivity contribution in [1.82, 2.24) is 0 Å². The quantitative estimate of drug-likeness (QED) is 0.409. The number of rotatable bonds is 14. The summed E-state index contributed by atoms with van der Waals surface area (Å²) in [6.07, 6.45) is 17.9. The molecule has 4 nitrogen and oxygen atoms in total. The molecule has 0 atom stereocenters. The molecular formula is C24H42NO3P. The molecular weight excluding hydrogens is 381 g/mol. The maximum atomic E-state index is 10.7. The summed E-state index contributed by atoms with van der Waals surface area (Å²) in [6, 6.07) is 5.65. The van der Waals surface area contributed by atoms with Crippen LogP contribution in [-0.2, 0) is 0 Å². The summed E-state index contributed by atoms with van der Waals surface area (Å²) in [4.78, 5) is 21.1. The lowest BCUT2D eigenvalue weighted by Gasteiger charge is -2.28. The number of benzene rings is 1. The first kappa shape index (κ1) is 27.6. The molecule has 0 heterocycles. The molecule has 0 spiro atoms. The summed E-state index contributed by atoms with van der Waals surface area (Å²) in [7, 11) is -0.562. The molecule has 1 amide bonds. The van der Waals surface area contributed by atoms with E-state index in [4.69, 9.17) is 5.73 Å². The second kappa shape index (κ2) is 16.4. The van der Waals surface area contributed by atoms with Gasteiger partial charge in [0.15, 0.2) is 0 Å². The first-order valence-electron chi connectivity index (χ1n) is 11.3. The third-order valence-corrected chi connectivity index (χ3v) is 10.4. The van der Waals surface area contributed by atoms with E-state index < -0.39 is 19.1 Å². The van der Waals surface area contributed by atoms with E-state index in [2.05, 4.69) is 27.7 Å². The van der Waals surface area contributed by atoms with E-state index in [1.165, 1.54) is 75.6 Å². The lowest BCUT2D eigenvalue weighted by Crippen LogP contribution is -2.26. The van der Waals surface area contributed by atoms with Gasteiger partial charge in [0.05, 0.1) is 30.6 Å². The molecule has 2 N–H and O–H groups in total. The fourth-order valence-electron chi connectivity index (χ4n) is 3.52. The second-order valence-electron chi connectivity index (χ2n) is 7.85. The summed E-state index contributed by atoms with van der Waals surface area (Å²) >= 11 is 0. The van der Waals surface area contributed by atoms with Gasteiger partial charge in [-0.15, -0.1) is 0 Å². The van der Waals surface area contributed by atoms with E-state index in [0.717, 1.165) is 0 Å². The van der Waals surface area contributed by atoms with Crippen LogP contribution < -0.4 is 10.8 Å². The van der Waals surface area contributed by atoms with E-state index in [1.54, 1.807) is 24.6 Å². The number of nitrogens with two attached hydrogens (primary N) is 1. The number of carboxylic acid groups (broad SMARTS) is 1. The van der Waals surface area contributed by atoms with Crippen molar-refractivity contribution in [2.75, 3.05) is 24.6 Å². The highest BCUT2D eigenvalue weighted by atomic mass is 31.2. The fraction of sp³-hybridized carbons (Fsp3) is 0.667. The van der Waals surface area contributed by atoms with Crippen LogP contribution in [0.15, 0.2) is 24.3 Å². The van der Waals surface area contributed by atoms with Gasteiger partial charge in [-0.25, -0.2) is 0 Å². The van der Waals surface area contributed by atoms with Gasteiger partial charge in [-0.3, -0.25) is 4.79 Å². The van der Waals surface area contributed by atoms with Crippen LogP contribution in [-0.4, -0.2) is 36.5 Å². The van der Waals surface area contributed by atoms with Gasteiger partial charge >= 0.3 is 0 Å². The molecule has 5 heteroatoms. The third-order valence-electron chi connectivity index (χ3n) is 5.36. The Morgan fingerprint density at radius 1 is 0.759 bits per heavy atom. The van der Waals surface area contributed by atoms with Crippen molar-refractivity contribution in [3.05, 3.63) is 35.4 Å². The molecule has 0 aliphatic carbocycles. The van der Waals surface area contributed by atoms with Crippen molar-refractivity contribution >= 4 is 19.1 Å². The number of carboxylic acids is 1. The van der Waals surface area contributed by atoms with Gasteiger partial charge in [-0.05, 0) is 31.7 Å². The standard InChI is InChI=1S/C16H36P.C8H7NO3/c1-5-9-13-17(14-10-6-2,15-11-7-3)16-12-8-4;9-7(10)5-3-1-2-4-6(5)8(11)12/h5-16H2,1-4H3;1-4H,(H2,9,10)(H,11,12)/q+1;/p-1. The van der Waals surface area contributed by atoms with Gasteiger partial charge in [0, 0.05) is 18.4 Å². The van der Waals surface area contributed by atoms with E-state index in [0.29, 0.717) is 0 Å². The Bertz CT molecular complexity index is 519. The Labute approximate surface area is 179 Å². The van der Waals surface area contributed by atoms with Crippen molar-refractivity contribution in [3.8, 4) is 0 Å². The Morgan fingerprint density at radius 3 is 1.34 bits per heavy atom. The highest BCUT2D eigenvalue weighted by molar-refractivity contribution is 7.75. The highest BCUT2D eigenvalue weighted by Crippen LogP contribution is 2.61. The smallest absolute Gasteiger partial charge is 0.249 e. The second-order valence-corrected chi connectivity index (χ2v) is 12.3. The summed E-state index contributed by atoms with van der Waals surface area (Å²) < 4.78 is 0. The van der Waals surface area contributed by atoms with Crippen LogP contribution in [0, 0.1) is 0 Å². The van der Waals surface area contributed by atoms with Crippen LogP contribution in [0.25, 0.3) is 0 Å². The molecule has 0 saturated carbocycles. The molecule has 29 heavy (non-hydrogen) atoms. The lowest BCUT2D eigenvalue weighted by atomic mass is 10.1. The fourth-order valence-corrected chi connectivity index (χ4v) is 8.81. The minimum Gasteiger partial charge on any atom is -0.545 e. The Kier molecular flexibility index (Phi) is 15.6. The molecule has 1 aromatic rings. The van der Waals surface area contributed by atoms with Crippen LogP contribution in [0.5, 0.6) is 0 Å². The van der Waals surface area contributed by atoms with Crippen LogP contribution in [0.2, 0.25) is 0 Å². The van der Waals surface area contributed by atoms with Gasteiger partial charge < -0.3 is 15.6 Å². The van der Waals surface area contributed by atoms with Crippen molar-refractivity contribution < 1.29 is 14.7 Å². The molecule has 0 bridgehead atoms. The van der Waals surface area contributed by atoms with E-state index in [-0.39, 0.29) is 11.1 Å². The van der Waals surface area contributed by atoms with Gasteiger partial charge in [0.2, 0.25) is 5.91 Å². The maximum Gasteiger partial charge on any atom is 0.249 e. The molecule has 166 valence electrons. The van der Waals surface area contributed by atoms with E-state index in [9.17, 15) is 14.7 Å². The zero-order chi connectivity index (χ0) is 22.1. The summed E-state index contributed by atoms with van der Waals surface area (Å²) in [6.45, 7) is 9.42. The largest absolute Gasteiger partial charge is 0.545 e. The summed E-state index contributed by atoms with van der Waals surface area (Å²) in [5, 5.41) is 10.4. The van der Waals surface area contributed by atoms with Crippen molar-refractivity contribution in [1.29, 1.82) is 0 Å². The SMILES string of the molecule is CCCC[P+](CCCC)(CCCC)CCCC.NC(=O)c1ccccc1C(=O)[O-]. The minimum atomic E-state index is -1.40. The average molecular weight is 424 g/mol. The van der Waals surface area contributed by atoms with E-state index >= 15 is 0 Å². The molecule has 1 aromatic carbocycles. The number of carbonyl (C=O) groups is 2. The number of carbonyl (C=O) groups excluding carboxylic acids is 2. The average Bonchev–Trinajstić information content (AvgIpc) is 2.73. The van der Waals surface area contributed by atoms with Gasteiger partial charge in [-0.1, -0.05) is 71.6 Å². The summed E-state index contributed by atoms with van der Waals surface area (Å²) in [5.74, 6) is -2.17. The number of unbranched alkanes of at least 4 members (excludes halogenated alkanes) is 4. The predicted molar refractivity (Wildman–Crippen MR) is 125 cm³/mol. The zero-order valence-electron chi connectivity index (χ0n) is 19.0. The third kappa shape index (κ3) is 11.4. The van der Waals surface area contributed by atoms with Crippen LogP contribution in [0.3, 0.4) is 0 Å². The molecule has 0 aromatic heterocycles. The summed E-state index contributed by atoms with van der Waals surface area (Å²) in [5.41, 5.74) is 4.72. The first-order chi connectivity index (χ1) is 13.9. The predicted octanol–water partition coefficient (Wildman–Crippen LogP) is 5.35. The van der Waals surface area contributed by atoms with Crippen molar-refractivity contribution in [2.45, 2.75) is 79.1 Å².